The summed E-state index contributed by atoms with van der Waals surface area (Å²) in [6.07, 6.45) is 8.06. The highest BCUT2D eigenvalue weighted by atomic mass is 16.5. The molecule has 0 radical (unpaired) electrons. The van der Waals surface area contributed by atoms with E-state index in [0.717, 1.165) is 55.8 Å². The summed E-state index contributed by atoms with van der Waals surface area (Å²) in [5, 5.41) is 15.6. The zero-order valence-corrected chi connectivity index (χ0v) is 17.9. The highest BCUT2D eigenvalue weighted by Crippen LogP contribution is 2.40. The molecule has 1 atom stereocenters. The molecule has 30 heavy (non-hydrogen) atoms. The lowest BCUT2D eigenvalue weighted by Crippen LogP contribution is -2.37. The van der Waals surface area contributed by atoms with Gasteiger partial charge >= 0.3 is 0 Å². The lowest BCUT2D eigenvalue weighted by Gasteiger charge is -2.35. The van der Waals surface area contributed by atoms with E-state index in [1.807, 2.05) is 48.7 Å². The van der Waals surface area contributed by atoms with Gasteiger partial charge in [0, 0.05) is 35.9 Å². The van der Waals surface area contributed by atoms with Crippen molar-refractivity contribution in [3.63, 3.8) is 0 Å². The SMILES string of the molecule is CC1CCc2c(ccc(C(=N)/C=C\NC3CCNCC3)c2Oc2ccccc2)N1C. The smallest absolute Gasteiger partial charge is 0.142 e. The van der Waals surface area contributed by atoms with E-state index in [-0.39, 0.29) is 0 Å². The summed E-state index contributed by atoms with van der Waals surface area (Å²) < 4.78 is 6.38. The van der Waals surface area contributed by atoms with Crippen LogP contribution in [0.4, 0.5) is 5.69 Å². The van der Waals surface area contributed by atoms with Crippen molar-refractivity contribution >= 4 is 11.4 Å². The van der Waals surface area contributed by atoms with Crippen molar-refractivity contribution in [1.29, 1.82) is 5.41 Å². The first-order chi connectivity index (χ1) is 14.6. The van der Waals surface area contributed by atoms with Gasteiger partial charge in [0.25, 0.3) is 0 Å². The fourth-order valence-corrected chi connectivity index (χ4v) is 4.25. The molecule has 0 aliphatic carbocycles. The number of benzene rings is 2. The Kier molecular flexibility index (Phi) is 6.38. The summed E-state index contributed by atoms with van der Waals surface area (Å²) in [5.41, 5.74) is 3.70. The number of ether oxygens (including phenoxy) is 1. The quantitative estimate of drug-likeness (QED) is 0.622. The highest BCUT2D eigenvalue weighted by Gasteiger charge is 2.26. The largest absolute Gasteiger partial charge is 0.456 e. The van der Waals surface area contributed by atoms with Crippen LogP contribution in [0.25, 0.3) is 0 Å². The van der Waals surface area contributed by atoms with Gasteiger partial charge in [-0.15, -0.1) is 0 Å². The normalized spacial score (nSPS) is 19.5. The molecular weight excluding hydrogens is 372 g/mol. The van der Waals surface area contributed by atoms with E-state index in [2.05, 4.69) is 35.6 Å². The average molecular weight is 405 g/mol. The van der Waals surface area contributed by atoms with Crippen molar-refractivity contribution in [3.05, 3.63) is 65.9 Å². The third-order valence-corrected chi connectivity index (χ3v) is 6.26. The molecule has 0 amide bonds. The molecule has 2 heterocycles. The Morgan fingerprint density at radius 3 is 2.67 bits per heavy atom. The van der Waals surface area contributed by atoms with Crippen molar-refractivity contribution < 1.29 is 4.74 Å². The van der Waals surface area contributed by atoms with Gasteiger partial charge in [-0.05, 0) is 82.2 Å². The van der Waals surface area contributed by atoms with Crippen LogP contribution in [-0.2, 0) is 6.42 Å². The molecule has 0 bridgehead atoms. The molecule has 4 rings (SSSR count). The van der Waals surface area contributed by atoms with Gasteiger partial charge in [-0.2, -0.15) is 0 Å². The number of para-hydroxylation sites is 1. The lowest BCUT2D eigenvalue weighted by atomic mass is 9.93. The molecular formula is C25H32N4O. The van der Waals surface area contributed by atoms with Crippen LogP contribution in [0.2, 0.25) is 0 Å². The topological polar surface area (TPSA) is 60.4 Å². The Hall–Kier alpha value is -2.79. The molecule has 5 nitrogen and oxygen atoms in total. The minimum Gasteiger partial charge on any atom is -0.456 e. The minimum atomic E-state index is 0.464. The van der Waals surface area contributed by atoms with Crippen LogP contribution < -0.4 is 20.3 Å². The Labute approximate surface area is 179 Å². The fourth-order valence-electron chi connectivity index (χ4n) is 4.25. The Bertz CT molecular complexity index is 903. The molecule has 0 saturated carbocycles. The minimum absolute atomic E-state index is 0.464. The zero-order valence-electron chi connectivity index (χ0n) is 17.9. The van der Waals surface area contributed by atoms with E-state index in [1.54, 1.807) is 0 Å². The standard InChI is InChI=1S/C25H32N4O/c1-18-8-9-22-24(29(18)2)11-10-21(25(22)30-20-6-4-3-5-7-20)23(26)14-17-28-19-12-15-27-16-13-19/h3-7,10-11,14,17-19,26-28H,8-9,12-13,15-16H2,1-2H3/b17-14-,26-23?. The fraction of sp³-hybridized carbons (Fsp3) is 0.400. The first kappa shape index (κ1) is 20.5. The zero-order chi connectivity index (χ0) is 20.9. The van der Waals surface area contributed by atoms with Crippen molar-refractivity contribution in [2.75, 3.05) is 25.0 Å². The summed E-state index contributed by atoms with van der Waals surface area (Å²) in [6.45, 7) is 4.36. The number of fused-ring (bicyclic) bond motifs is 1. The van der Waals surface area contributed by atoms with Crippen molar-refractivity contribution in [1.82, 2.24) is 10.6 Å². The second kappa shape index (κ2) is 9.35. The average Bonchev–Trinajstić information content (AvgIpc) is 2.78. The molecule has 158 valence electrons. The summed E-state index contributed by atoms with van der Waals surface area (Å²) in [6, 6.07) is 15.0. The molecule has 2 aliphatic rings. The predicted octanol–water partition coefficient (Wildman–Crippen LogP) is 4.47. The van der Waals surface area contributed by atoms with E-state index in [9.17, 15) is 0 Å². The van der Waals surface area contributed by atoms with Gasteiger partial charge in [0.2, 0.25) is 0 Å². The molecule has 5 heteroatoms. The molecule has 2 aliphatic heterocycles. The molecule has 0 spiro atoms. The number of nitrogens with zero attached hydrogens (tertiary/aromatic N) is 1. The number of anilines is 1. The van der Waals surface area contributed by atoms with E-state index in [4.69, 9.17) is 10.1 Å². The maximum atomic E-state index is 8.73. The number of nitrogens with one attached hydrogen (secondary N) is 3. The number of rotatable bonds is 6. The van der Waals surface area contributed by atoms with Crippen LogP contribution in [0.15, 0.2) is 54.7 Å². The lowest BCUT2D eigenvalue weighted by molar-refractivity contribution is 0.420. The van der Waals surface area contributed by atoms with Crippen LogP contribution >= 0.6 is 0 Å². The molecule has 2 aromatic carbocycles. The van der Waals surface area contributed by atoms with Gasteiger partial charge in [0.1, 0.15) is 11.5 Å². The van der Waals surface area contributed by atoms with Crippen LogP contribution in [0.3, 0.4) is 0 Å². The number of hydrogen-bond donors (Lipinski definition) is 3. The molecule has 0 aromatic heterocycles. The third-order valence-electron chi connectivity index (χ3n) is 6.26. The Balaban J connectivity index is 1.62. The summed E-state index contributed by atoms with van der Waals surface area (Å²) in [5.74, 6) is 1.62. The molecule has 3 N–H and O–H groups in total. The maximum Gasteiger partial charge on any atom is 0.142 e. The second-order valence-corrected chi connectivity index (χ2v) is 8.29. The van der Waals surface area contributed by atoms with E-state index < -0.39 is 0 Å². The summed E-state index contributed by atoms with van der Waals surface area (Å²) in [4.78, 5) is 2.32. The molecule has 1 saturated heterocycles. The van der Waals surface area contributed by atoms with Crippen molar-refractivity contribution in [2.24, 2.45) is 0 Å². The first-order valence-corrected chi connectivity index (χ1v) is 11.0. The number of piperidine rings is 1. The maximum absolute atomic E-state index is 8.73. The van der Waals surface area contributed by atoms with E-state index in [1.165, 1.54) is 11.3 Å². The summed E-state index contributed by atoms with van der Waals surface area (Å²) in [7, 11) is 2.14. The van der Waals surface area contributed by atoms with E-state index in [0.29, 0.717) is 17.8 Å². The third kappa shape index (κ3) is 4.51. The van der Waals surface area contributed by atoms with Gasteiger partial charge < -0.3 is 25.7 Å². The highest BCUT2D eigenvalue weighted by molar-refractivity contribution is 6.09. The van der Waals surface area contributed by atoms with E-state index >= 15 is 0 Å². The molecule has 1 unspecified atom stereocenters. The van der Waals surface area contributed by atoms with Crippen LogP contribution in [0.1, 0.15) is 37.3 Å². The van der Waals surface area contributed by atoms with Gasteiger partial charge in [0.05, 0.1) is 5.71 Å². The van der Waals surface area contributed by atoms with Crippen LogP contribution in [0.5, 0.6) is 11.5 Å². The first-order valence-electron chi connectivity index (χ1n) is 11.0. The van der Waals surface area contributed by atoms with Gasteiger partial charge in [0.15, 0.2) is 0 Å². The molecule has 1 fully saturated rings. The van der Waals surface area contributed by atoms with Crippen molar-refractivity contribution in [2.45, 2.75) is 44.7 Å². The van der Waals surface area contributed by atoms with Crippen molar-refractivity contribution in [3.8, 4) is 11.5 Å². The van der Waals surface area contributed by atoms with Gasteiger partial charge in [-0.1, -0.05) is 18.2 Å². The number of hydrogen-bond acceptors (Lipinski definition) is 5. The predicted molar refractivity (Wildman–Crippen MR) is 124 cm³/mol. The van der Waals surface area contributed by atoms with Crippen LogP contribution in [0, 0.1) is 5.41 Å². The van der Waals surface area contributed by atoms with Crippen LogP contribution in [-0.4, -0.2) is 37.9 Å². The second-order valence-electron chi connectivity index (χ2n) is 8.29. The molecule has 2 aromatic rings. The van der Waals surface area contributed by atoms with Gasteiger partial charge in [-0.3, -0.25) is 0 Å². The monoisotopic (exact) mass is 404 g/mol. The summed E-state index contributed by atoms with van der Waals surface area (Å²) >= 11 is 0. The van der Waals surface area contributed by atoms with Gasteiger partial charge in [-0.25, -0.2) is 0 Å². The Morgan fingerprint density at radius 2 is 1.90 bits per heavy atom. The Morgan fingerprint density at radius 1 is 1.13 bits per heavy atom. The number of allylic oxidation sites excluding steroid dienone is 1.